The second-order valence-corrected chi connectivity index (χ2v) is 16.9. The lowest BCUT2D eigenvalue weighted by Gasteiger charge is -2.25. The van der Waals surface area contributed by atoms with Crippen molar-refractivity contribution in [3.63, 3.8) is 0 Å². The van der Waals surface area contributed by atoms with Crippen LogP contribution in [0.15, 0.2) is 233 Å². The van der Waals surface area contributed by atoms with Gasteiger partial charge in [0, 0.05) is 72.3 Å². The third-order valence-corrected chi connectivity index (χ3v) is 13.3. The predicted molar refractivity (Wildman–Crippen MR) is 270 cm³/mol. The second kappa shape index (κ2) is 13.9. The highest BCUT2D eigenvalue weighted by Crippen LogP contribution is 2.44. The molecule has 0 spiro atoms. The molecule has 0 amide bonds. The van der Waals surface area contributed by atoms with Crippen LogP contribution in [0.25, 0.3) is 110 Å². The van der Waals surface area contributed by atoms with Crippen molar-refractivity contribution in [2.75, 3.05) is 4.90 Å². The van der Waals surface area contributed by atoms with Gasteiger partial charge in [0.25, 0.3) is 0 Å². The van der Waals surface area contributed by atoms with Crippen molar-refractivity contribution in [3.8, 4) is 22.5 Å². The molecule has 0 saturated heterocycles. The number of hydrogen-bond acceptors (Lipinski definition) is 3. The fourth-order valence-electron chi connectivity index (χ4n) is 10.4. The Bertz CT molecular complexity index is 3850. The normalized spacial score (nSPS) is 12.0. The summed E-state index contributed by atoms with van der Waals surface area (Å²) in [6.45, 7) is 0. The minimum atomic E-state index is 0.817. The van der Waals surface area contributed by atoms with E-state index in [1.807, 2.05) is 0 Å². The Hall–Kier alpha value is -8.80. The fraction of sp³-hybridized carbons (Fsp3) is 0. The van der Waals surface area contributed by atoms with Crippen LogP contribution in [0, 0.1) is 0 Å². The molecule has 0 radical (unpaired) electrons. The monoisotopic (exact) mass is 831 g/mol. The first kappa shape index (κ1) is 35.8. The molecule has 14 rings (SSSR count). The molecule has 10 aromatic carbocycles. The highest BCUT2D eigenvalue weighted by molar-refractivity contribution is 6.15. The number of rotatable bonds is 6. The zero-order chi connectivity index (χ0) is 42.6. The van der Waals surface area contributed by atoms with Crippen molar-refractivity contribution in [1.82, 2.24) is 9.13 Å². The highest BCUT2D eigenvalue weighted by atomic mass is 16.3. The molecule has 5 nitrogen and oxygen atoms in total. The highest BCUT2D eigenvalue weighted by Gasteiger charge is 2.22. The SMILES string of the molecule is c1ccc(-c2ccc(N(c3ccc4c(c3)oc3c(-n5c6ccccc6c6ccccc65)cccc34)c3ccc4c(c3)oc3c(-n5c6ccccc6c6ccccc65)cccc34)cc2)cc1. The molecule has 304 valence electrons. The van der Waals surface area contributed by atoms with Gasteiger partial charge in [0.15, 0.2) is 11.2 Å². The first-order valence-corrected chi connectivity index (χ1v) is 22.1. The van der Waals surface area contributed by atoms with Gasteiger partial charge in [-0.3, -0.25) is 0 Å². The average molecular weight is 832 g/mol. The number of nitrogens with zero attached hydrogens (tertiary/aromatic N) is 3. The van der Waals surface area contributed by atoms with Crippen LogP contribution in [0.3, 0.4) is 0 Å². The van der Waals surface area contributed by atoms with Gasteiger partial charge in [-0.25, -0.2) is 0 Å². The Kier molecular flexibility index (Phi) is 7.62. The summed E-state index contributed by atoms with van der Waals surface area (Å²) < 4.78 is 18.7. The molecule has 0 bridgehead atoms. The molecule has 4 aromatic heterocycles. The van der Waals surface area contributed by atoms with Crippen LogP contribution in [0.5, 0.6) is 0 Å². The van der Waals surface area contributed by atoms with Crippen molar-refractivity contribution in [3.05, 3.63) is 224 Å². The van der Waals surface area contributed by atoms with Gasteiger partial charge in [0.05, 0.1) is 33.4 Å². The summed E-state index contributed by atoms with van der Waals surface area (Å²) in [5, 5.41) is 9.16. The molecule has 0 aliphatic heterocycles. The first-order valence-electron chi connectivity index (χ1n) is 22.1. The standard InChI is InChI=1S/C60H37N3O2/c1-2-14-38(15-3-1)39-28-30-40(31-29-39)61(41-32-34-47-49-20-12-26-55(59(49)64-57(47)36-41)62-51-22-8-4-16-43(51)44-17-5-9-23-52(44)62)42-33-35-48-50-21-13-27-56(60(50)65-58(48)37-42)63-53-24-10-6-18-45(53)46-19-7-11-25-54(46)63/h1-37H. The maximum absolute atomic E-state index is 7.00. The third-order valence-electron chi connectivity index (χ3n) is 13.3. The Morgan fingerprint density at radius 2 is 0.646 bits per heavy atom. The Labute approximate surface area is 372 Å². The van der Waals surface area contributed by atoms with Gasteiger partial charge in [-0.15, -0.1) is 0 Å². The van der Waals surface area contributed by atoms with E-state index in [4.69, 9.17) is 8.83 Å². The lowest BCUT2D eigenvalue weighted by Crippen LogP contribution is -2.09. The summed E-state index contributed by atoms with van der Waals surface area (Å²) in [5.41, 5.74) is 15.3. The maximum atomic E-state index is 7.00. The summed E-state index contributed by atoms with van der Waals surface area (Å²) in [6.07, 6.45) is 0. The minimum Gasteiger partial charge on any atom is -0.454 e. The van der Waals surface area contributed by atoms with Crippen LogP contribution in [0.4, 0.5) is 17.1 Å². The summed E-state index contributed by atoms with van der Waals surface area (Å²) in [7, 11) is 0. The first-order chi connectivity index (χ1) is 32.2. The number of para-hydroxylation sites is 6. The van der Waals surface area contributed by atoms with Crippen LogP contribution in [0.1, 0.15) is 0 Å². The van der Waals surface area contributed by atoms with Crippen LogP contribution in [0.2, 0.25) is 0 Å². The van der Waals surface area contributed by atoms with Gasteiger partial charge in [-0.1, -0.05) is 140 Å². The summed E-state index contributed by atoms with van der Waals surface area (Å²) in [6, 6.07) is 79.9. The summed E-state index contributed by atoms with van der Waals surface area (Å²) in [5.74, 6) is 0. The van der Waals surface area contributed by atoms with Crippen molar-refractivity contribution < 1.29 is 8.83 Å². The fourth-order valence-corrected chi connectivity index (χ4v) is 10.4. The van der Waals surface area contributed by atoms with Gasteiger partial charge < -0.3 is 22.9 Å². The van der Waals surface area contributed by atoms with E-state index >= 15 is 0 Å². The van der Waals surface area contributed by atoms with E-state index in [-0.39, 0.29) is 0 Å². The topological polar surface area (TPSA) is 39.4 Å². The molecule has 0 N–H and O–H groups in total. The van der Waals surface area contributed by atoms with Crippen LogP contribution >= 0.6 is 0 Å². The van der Waals surface area contributed by atoms with Crippen LogP contribution in [-0.4, -0.2) is 9.13 Å². The van der Waals surface area contributed by atoms with E-state index in [1.54, 1.807) is 0 Å². The zero-order valence-electron chi connectivity index (χ0n) is 35.0. The van der Waals surface area contributed by atoms with Crippen molar-refractivity contribution in [1.29, 1.82) is 0 Å². The lowest BCUT2D eigenvalue weighted by molar-refractivity contribution is 0.666. The Balaban J connectivity index is 0.950. The Morgan fingerprint density at radius 3 is 1.09 bits per heavy atom. The molecule has 4 heterocycles. The number of anilines is 3. The van der Waals surface area contributed by atoms with E-state index < -0.39 is 0 Å². The molecular weight excluding hydrogens is 795 g/mol. The molecule has 0 atom stereocenters. The van der Waals surface area contributed by atoms with E-state index in [2.05, 4.69) is 238 Å². The molecule has 5 heteroatoms. The minimum absolute atomic E-state index is 0.817. The maximum Gasteiger partial charge on any atom is 0.159 e. The zero-order valence-corrected chi connectivity index (χ0v) is 35.0. The molecule has 0 aliphatic rings. The molecule has 0 aliphatic carbocycles. The number of benzene rings is 10. The Morgan fingerprint density at radius 1 is 0.277 bits per heavy atom. The number of furan rings is 2. The number of aromatic nitrogens is 2. The van der Waals surface area contributed by atoms with Crippen molar-refractivity contribution in [2.45, 2.75) is 0 Å². The third kappa shape index (κ3) is 5.33. The number of fused-ring (bicyclic) bond motifs is 12. The van der Waals surface area contributed by atoms with Crippen molar-refractivity contribution in [2.24, 2.45) is 0 Å². The molecule has 14 aromatic rings. The van der Waals surface area contributed by atoms with E-state index in [0.29, 0.717) is 0 Å². The van der Waals surface area contributed by atoms with E-state index in [0.717, 1.165) is 99.9 Å². The quantitative estimate of drug-likeness (QED) is 0.168. The molecule has 65 heavy (non-hydrogen) atoms. The van der Waals surface area contributed by atoms with Gasteiger partial charge >= 0.3 is 0 Å². The molecule has 0 unspecified atom stereocenters. The summed E-state index contributed by atoms with van der Waals surface area (Å²) >= 11 is 0. The average Bonchev–Trinajstić information content (AvgIpc) is 4.12. The number of hydrogen-bond donors (Lipinski definition) is 0. The second-order valence-electron chi connectivity index (χ2n) is 16.9. The van der Waals surface area contributed by atoms with Crippen LogP contribution in [-0.2, 0) is 0 Å². The van der Waals surface area contributed by atoms with Gasteiger partial charge in [0.2, 0.25) is 0 Å². The van der Waals surface area contributed by atoms with Gasteiger partial charge in [0.1, 0.15) is 11.2 Å². The van der Waals surface area contributed by atoms with E-state index in [9.17, 15) is 0 Å². The van der Waals surface area contributed by atoms with Gasteiger partial charge in [-0.05, 0) is 83.9 Å². The van der Waals surface area contributed by atoms with Crippen LogP contribution < -0.4 is 4.90 Å². The summed E-state index contributed by atoms with van der Waals surface area (Å²) in [4.78, 5) is 2.30. The molecule has 0 fully saturated rings. The molecular formula is C60H37N3O2. The molecule has 0 saturated carbocycles. The van der Waals surface area contributed by atoms with Crippen molar-refractivity contribution >= 4 is 105 Å². The van der Waals surface area contributed by atoms with E-state index in [1.165, 1.54) is 27.1 Å². The van der Waals surface area contributed by atoms with Gasteiger partial charge in [-0.2, -0.15) is 0 Å². The smallest absolute Gasteiger partial charge is 0.159 e. The largest absolute Gasteiger partial charge is 0.454 e. The lowest BCUT2D eigenvalue weighted by atomic mass is 10.0. The predicted octanol–water partition coefficient (Wildman–Crippen LogP) is 16.8.